The Kier molecular flexibility index (Phi) is 24.4. The zero-order chi connectivity index (χ0) is 17.3. The van der Waals surface area contributed by atoms with Crippen LogP contribution in [0, 0.1) is 0 Å². The third-order valence-corrected chi connectivity index (χ3v) is 3.32. The van der Waals surface area contributed by atoms with Crippen LogP contribution < -0.4 is 0 Å². The summed E-state index contributed by atoms with van der Waals surface area (Å²) in [6, 6.07) is 0. The number of rotatable bonds is 7. The van der Waals surface area contributed by atoms with Crippen LogP contribution in [0.5, 0.6) is 0 Å². The van der Waals surface area contributed by atoms with Crippen molar-refractivity contribution in [1.82, 2.24) is 0 Å². The van der Waals surface area contributed by atoms with E-state index in [0.29, 0.717) is 10.3 Å². The summed E-state index contributed by atoms with van der Waals surface area (Å²) >= 11 is 4.57. The topological polar surface area (TPSA) is 0 Å². The highest BCUT2D eigenvalue weighted by atomic mass is 127. The Morgan fingerprint density at radius 1 is 1.05 bits per heavy atom. The average molecular weight is 534 g/mol. The van der Waals surface area contributed by atoms with Gasteiger partial charge < -0.3 is 0 Å². The standard InChI is InChI=1S/C8H14F3I.C5H10.C3H7I/c1-2-4-7(12)5-3-6-8(9,10)11;1-3-5-4-2;1-3(2)4/h7H,2-6H2,1H3;3H,1,4-5H2,2H3;3H,1-2H3. The van der Waals surface area contributed by atoms with Crippen LogP contribution in [0.3, 0.4) is 0 Å². The number of unbranched alkanes of at least 4 members (excludes halogenated alkanes) is 1. The van der Waals surface area contributed by atoms with E-state index in [9.17, 15) is 13.2 Å². The van der Waals surface area contributed by atoms with Crippen LogP contribution in [-0.2, 0) is 0 Å². The Morgan fingerprint density at radius 3 is 1.76 bits per heavy atom. The highest BCUT2D eigenvalue weighted by Gasteiger charge is 2.26. The Labute approximate surface area is 157 Å². The molecule has 0 rings (SSSR count). The van der Waals surface area contributed by atoms with Gasteiger partial charge in [-0.05, 0) is 25.7 Å². The van der Waals surface area contributed by atoms with E-state index in [-0.39, 0.29) is 6.42 Å². The maximum absolute atomic E-state index is 11.7. The van der Waals surface area contributed by atoms with Crippen molar-refractivity contribution in [1.29, 1.82) is 0 Å². The molecule has 130 valence electrons. The number of allylic oxidation sites excluding steroid dienone is 1. The van der Waals surface area contributed by atoms with Crippen molar-refractivity contribution in [2.75, 3.05) is 0 Å². The van der Waals surface area contributed by atoms with Gasteiger partial charge >= 0.3 is 6.18 Å². The van der Waals surface area contributed by atoms with E-state index in [0.717, 1.165) is 23.2 Å². The zero-order valence-corrected chi connectivity index (χ0v) is 18.1. The van der Waals surface area contributed by atoms with Crippen molar-refractivity contribution in [2.45, 2.75) is 86.7 Å². The van der Waals surface area contributed by atoms with Gasteiger partial charge in [0.25, 0.3) is 0 Å². The highest BCUT2D eigenvalue weighted by Crippen LogP contribution is 2.25. The van der Waals surface area contributed by atoms with E-state index in [1.165, 1.54) is 6.42 Å². The second-order valence-corrected chi connectivity index (χ2v) is 9.24. The van der Waals surface area contributed by atoms with E-state index in [1.54, 1.807) is 0 Å². The summed E-state index contributed by atoms with van der Waals surface area (Å²) in [6.07, 6.45) is 2.76. The number of hydrogen-bond donors (Lipinski definition) is 0. The molecule has 1 unspecified atom stereocenters. The normalized spacial score (nSPS) is 11.9. The van der Waals surface area contributed by atoms with E-state index < -0.39 is 12.6 Å². The van der Waals surface area contributed by atoms with Gasteiger partial charge in [0.15, 0.2) is 0 Å². The zero-order valence-electron chi connectivity index (χ0n) is 13.8. The first-order valence-corrected chi connectivity index (χ1v) is 10.1. The summed E-state index contributed by atoms with van der Waals surface area (Å²) in [4.78, 5) is 0. The van der Waals surface area contributed by atoms with Crippen molar-refractivity contribution in [3.63, 3.8) is 0 Å². The second-order valence-electron chi connectivity index (χ2n) is 4.98. The molecule has 0 saturated carbocycles. The van der Waals surface area contributed by atoms with Gasteiger partial charge in [-0.3, -0.25) is 0 Å². The molecule has 0 amide bonds. The van der Waals surface area contributed by atoms with Gasteiger partial charge in [-0.15, -0.1) is 6.58 Å². The molecule has 0 N–H and O–H groups in total. The maximum Gasteiger partial charge on any atom is 0.389 e. The lowest BCUT2D eigenvalue weighted by atomic mass is 10.1. The number of alkyl halides is 5. The molecule has 0 aromatic carbocycles. The van der Waals surface area contributed by atoms with Crippen LogP contribution in [0.4, 0.5) is 13.2 Å². The second kappa shape index (κ2) is 19.0. The first-order chi connectivity index (χ1) is 9.60. The van der Waals surface area contributed by atoms with Crippen molar-refractivity contribution >= 4 is 45.2 Å². The van der Waals surface area contributed by atoms with Gasteiger partial charge in [-0.1, -0.05) is 91.8 Å². The van der Waals surface area contributed by atoms with Gasteiger partial charge in [-0.25, -0.2) is 0 Å². The molecule has 5 heteroatoms. The first-order valence-electron chi connectivity index (χ1n) is 7.56. The van der Waals surface area contributed by atoms with Gasteiger partial charge in [-0.2, -0.15) is 13.2 Å². The van der Waals surface area contributed by atoms with Crippen molar-refractivity contribution in [3.05, 3.63) is 12.7 Å². The first kappa shape index (κ1) is 26.9. The molecule has 0 fully saturated rings. The van der Waals surface area contributed by atoms with Gasteiger partial charge in [0.1, 0.15) is 0 Å². The van der Waals surface area contributed by atoms with Crippen LogP contribution in [0.25, 0.3) is 0 Å². The third-order valence-electron chi connectivity index (χ3n) is 2.07. The molecule has 0 aromatic heterocycles. The Bertz CT molecular complexity index is 201. The van der Waals surface area contributed by atoms with Gasteiger partial charge in [0.2, 0.25) is 0 Å². The molecular formula is C16H31F3I2. The molecule has 1 atom stereocenters. The molecule has 0 saturated heterocycles. The third kappa shape index (κ3) is 44.9. The maximum atomic E-state index is 11.7. The fraction of sp³-hybridized carbons (Fsp3) is 0.875. The summed E-state index contributed by atoms with van der Waals surface area (Å²) in [5, 5.41) is 0. The molecule has 0 aliphatic rings. The van der Waals surface area contributed by atoms with Crippen molar-refractivity contribution < 1.29 is 13.2 Å². The molecule has 0 radical (unpaired) electrons. The van der Waals surface area contributed by atoms with Gasteiger partial charge in [0.05, 0.1) is 0 Å². The highest BCUT2D eigenvalue weighted by molar-refractivity contribution is 14.1. The molecule has 0 bridgehead atoms. The van der Waals surface area contributed by atoms with Gasteiger partial charge in [0, 0.05) is 14.3 Å². The van der Waals surface area contributed by atoms with E-state index in [1.807, 2.05) is 6.08 Å². The molecule has 0 nitrogen and oxygen atoms in total. The van der Waals surface area contributed by atoms with Crippen LogP contribution in [0.1, 0.15) is 72.6 Å². The fourth-order valence-corrected chi connectivity index (χ4v) is 2.25. The molecule has 0 aliphatic carbocycles. The van der Waals surface area contributed by atoms with Crippen LogP contribution in [0.2, 0.25) is 0 Å². The Morgan fingerprint density at radius 2 is 1.52 bits per heavy atom. The minimum atomic E-state index is -3.97. The summed E-state index contributed by atoms with van der Waals surface area (Å²) in [5.74, 6) is 0. The Balaban J connectivity index is -0.000000297. The lowest BCUT2D eigenvalue weighted by Gasteiger charge is -2.09. The van der Waals surface area contributed by atoms with E-state index >= 15 is 0 Å². The van der Waals surface area contributed by atoms with Crippen LogP contribution in [-0.4, -0.2) is 14.0 Å². The van der Waals surface area contributed by atoms with Crippen LogP contribution >= 0.6 is 45.2 Å². The predicted molar refractivity (Wildman–Crippen MR) is 107 cm³/mol. The minimum absolute atomic E-state index is 0.275. The SMILES string of the molecule is C=CCCC.CC(C)I.CCCC(I)CCCC(F)(F)F. The number of hydrogen-bond acceptors (Lipinski definition) is 0. The monoisotopic (exact) mass is 534 g/mol. The predicted octanol–water partition coefficient (Wildman–Crippen LogP) is 8.13. The summed E-state index contributed by atoms with van der Waals surface area (Å²) in [7, 11) is 0. The average Bonchev–Trinajstić information content (AvgIpc) is 2.28. The smallest absolute Gasteiger partial charge is 0.171 e. The lowest BCUT2D eigenvalue weighted by molar-refractivity contribution is -0.135. The van der Waals surface area contributed by atoms with Crippen molar-refractivity contribution in [2.24, 2.45) is 0 Å². The van der Waals surface area contributed by atoms with Crippen LogP contribution in [0.15, 0.2) is 12.7 Å². The summed E-state index contributed by atoms with van der Waals surface area (Å²) in [6.45, 7) is 12.0. The summed E-state index contributed by atoms with van der Waals surface area (Å²) < 4.78 is 36.3. The molecular weight excluding hydrogens is 503 g/mol. The largest absolute Gasteiger partial charge is 0.389 e. The van der Waals surface area contributed by atoms with Crippen molar-refractivity contribution in [3.8, 4) is 0 Å². The Hall–Kier alpha value is 0.990. The quantitative estimate of drug-likeness (QED) is 0.176. The van der Waals surface area contributed by atoms with E-state index in [4.69, 9.17) is 0 Å². The molecule has 21 heavy (non-hydrogen) atoms. The lowest BCUT2D eigenvalue weighted by Crippen LogP contribution is -2.08. The fourth-order valence-electron chi connectivity index (χ4n) is 1.19. The minimum Gasteiger partial charge on any atom is -0.171 e. The molecule has 0 aromatic rings. The number of halogens is 5. The summed E-state index contributed by atoms with van der Waals surface area (Å²) in [5.41, 5.74) is 0. The van der Waals surface area contributed by atoms with E-state index in [2.05, 4.69) is 79.5 Å². The molecule has 0 heterocycles. The molecule has 0 spiro atoms. The molecule has 0 aliphatic heterocycles.